The highest BCUT2D eigenvalue weighted by atomic mass is 19.1. The Morgan fingerprint density at radius 2 is 1.73 bits per heavy atom. The smallest absolute Gasteiger partial charge is 0.303 e. The van der Waals surface area contributed by atoms with Gasteiger partial charge in [0, 0.05) is 36.3 Å². The average Bonchev–Trinajstić information content (AvgIpc) is 3.46. The molecule has 3 aromatic rings. The number of aliphatic carboxylic acids is 1. The van der Waals surface area contributed by atoms with E-state index in [0.29, 0.717) is 41.4 Å². The van der Waals surface area contributed by atoms with E-state index in [2.05, 4.69) is 35.3 Å². The lowest BCUT2D eigenvalue weighted by atomic mass is 9.84. The Kier molecular flexibility index (Phi) is 17.0. The molecule has 0 fully saturated rings. The zero-order valence-electron chi connectivity index (χ0n) is 30.0. The molecule has 4 unspecified atom stereocenters. The van der Waals surface area contributed by atoms with Gasteiger partial charge >= 0.3 is 5.97 Å². The lowest BCUT2D eigenvalue weighted by molar-refractivity contribution is -0.138. The Labute approximate surface area is 287 Å². The second kappa shape index (κ2) is 20.6. The normalized spacial score (nSPS) is 14.5. The van der Waals surface area contributed by atoms with Crippen LogP contribution in [0, 0.1) is 17.8 Å². The van der Waals surface area contributed by atoms with Crippen LogP contribution in [0.15, 0.2) is 103 Å². The first-order chi connectivity index (χ1) is 23.0. The molecule has 0 aliphatic rings. The molecule has 0 radical (unpaired) electrons. The molecule has 0 aliphatic heterocycles. The molecule has 0 aliphatic carbocycles. The third-order valence-corrected chi connectivity index (χ3v) is 8.14. The van der Waals surface area contributed by atoms with Crippen LogP contribution < -0.4 is 5.32 Å². The predicted molar refractivity (Wildman–Crippen MR) is 198 cm³/mol. The minimum atomic E-state index is -0.760. The van der Waals surface area contributed by atoms with Crippen LogP contribution in [0.3, 0.4) is 0 Å². The zero-order valence-corrected chi connectivity index (χ0v) is 30.0. The molecule has 8 heteroatoms. The molecule has 258 valence electrons. The molecule has 7 nitrogen and oxygen atoms in total. The zero-order chi connectivity index (χ0) is 35.6. The Bertz CT molecular complexity index is 1570. The van der Waals surface area contributed by atoms with Crippen molar-refractivity contribution in [2.75, 3.05) is 5.32 Å². The van der Waals surface area contributed by atoms with E-state index in [1.165, 1.54) is 12.2 Å². The number of benzene rings is 1. The van der Waals surface area contributed by atoms with Crippen LogP contribution in [0.25, 0.3) is 22.8 Å². The molecule has 2 N–H and O–H groups in total. The summed E-state index contributed by atoms with van der Waals surface area (Å²) in [5, 5.41) is 12.4. The van der Waals surface area contributed by atoms with Gasteiger partial charge in [-0.2, -0.15) is 0 Å². The Morgan fingerprint density at radius 3 is 2.38 bits per heavy atom. The summed E-state index contributed by atoms with van der Waals surface area (Å²) < 4.78 is 16.5. The molecule has 1 aromatic carbocycles. The van der Waals surface area contributed by atoms with E-state index >= 15 is 0 Å². The number of hydrogen-bond donors (Lipinski definition) is 2. The summed E-state index contributed by atoms with van der Waals surface area (Å²) in [6.45, 7) is 20.8. The summed E-state index contributed by atoms with van der Waals surface area (Å²) >= 11 is 0. The molecule has 2 heterocycles. The van der Waals surface area contributed by atoms with Crippen molar-refractivity contribution in [1.29, 1.82) is 0 Å². The van der Waals surface area contributed by atoms with E-state index in [4.69, 9.17) is 9.97 Å². The first-order valence-electron chi connectivity index (χ1n) is 17.0. The Hall–Kier alpha value is -4.59. The van der Waals surface area contributed by atoms with Gasteiger partial charge < -0.3 is 15.0 Å². The van der Waals surface area contributed by atoms with Gasteiger partial charge in [0.25, 0.3) is 0 Å². The molecule has 2 aromatic heterocycles. The van der Waals surface area contributed by atoms with Crippen molar-refractivity contribution in [3.05, 3.63) is 109 Å². The molecule has 0 spiro atoms. The Morgan fingerprint density at radius 1 is 1.02 bits per heavy atom. The van der Waals surface area contributed by atoms with Gasteiger partial charge in [-0.1, -0.05) is 109 Å². The second-order valence-electron chi connectivity index (χ2n) is 12.0. The number of nitrogens with one attached hydrogen (secondary N) is 1. The number of carboxylic acid groups (broad SMARTS) is 1. The standard InChI is InChI=1S/C38H48FN5O2.C2H6/c1-8-10-12-15-30(7)41-38-40-22-20-33(42-38)35-36(28(5)18-19-32(39)9-2)44(37(43-35)31-16-13-11-14-17-31)23-21-27(4)29(6)24-26(3)25-34(45)46;1-2/h8-20,22,26-29H,7,21,23-25H2,1-6H3,(H,45,46)(H,40,41,42);1-2H3/b10-8-,15-12-,19-18-,32-9+;. The number of imidazole rings is 1. The minimum absolute atomic E-state index is 0.104. The van der Waals surface area contributed by atoms with Crippen molar-refractivity contribution in [1.82, 2.24) is 19.5 Å². The predicted octanol–water partition coefficient (Wildman–Crippen LogP) is 10.8. The molecule has 48 heavy (non-hydrogen) atoms. The van der Waals surface area contributed by atoms with Crippen molar-refractivity contribution >= 4 is 11.9 Å². The van der Waals surface area contributed by atoms with Crippen LogP contribution in [0.2, 0.25) is 0 Å². The monoisotopic (exact) mass is 655 g/mol. The third kappa shape index (κ3) is 12.2. The number of aromatic nitrogens is 4. The van der Waals surface area contributed by atoms with Crippen molar-refractivity contribution in [3.63, 3.8) is 0 Å². The number of hydrogen-bond acceptors (Lipinski definition) is 5. The van der Waals surface area contributed by atoms with E-state index < -0.39 is 5.97 Å². The lowest BCUT2D eigenvalue weighted by Gasteiger charge is -2.24. The molecule has 0 amide bonds. The van der Waals surface area contributed by atoms with Gasteiger partial charge in [-0.15, -0.1) is 0 Å². The summed E-state index contributed by atoms with van der Waals surface area (Å²) in [6, 6.07) is 11.9. The summed E-state index contributed by atoms with van der Waals surface area (Å²) in [5.74, 6) is 0.724. The highest BCUT2D eigenvalue weighted by Crippen LogP contribution is 2.36. The van der Waals surface area contributed by atoms with Gasteiger partial charge in [0.15, 0.2) is 0 Å². The fourth-order valence-electron chi connectivity index (χ4n) is 5.46. The first-order valence-corrected chi connectivity index (χ1v) is 17.0. The van der Waals surface area contributed by atoms with Crippen molar-refractivity contribution in [3.8, 4) is 22.8 Å². The number of allylic oxidation sites excluding steroid dienone is 8. The molecule has 4 atom stereocenters. The topological polar surface area (TPSA) is 92.9 Å². The van der Waals surface area contributed by atoms with Crippen LogP contribution in [0.5, 0.6) is 0 Å². The number of carbonyl (C=O) groups is 1. The van der Waals surface area contributed by atoms with Gasteiger partial charge in [-0.25, -0.2) is 19.3 Å². The van der Waals surface area contributed by atoms with Crippen molar-refractivity contribution in [2.24, 2.45) is 17.8 Å². The number of halogens is 1. The fraction of sp³-hybridized carbons (Fsp3) is 0.400. The average molecular weight is 656 g/mol. The summed E-state index contributed by atoms with van der Waals surface area (Å²) in [4.78, 5) is 25.7. The first kappa shape index (κ1) is 39.6. The maximum Gasteiger partial charge on any atom is 0.303 e. The van der Waals surface area contributed by atoms with Gasteiger partial charge in [0.1, 0.15) is 17.3 Å². The van der Waals surface area contributed by atoms with E-state index in [-0.39, 0.29) is 24.1 Å². The molecular weight excluding hydrogens is 601 g/mol. The van der Waals surface area contributed by atoms with Crippen molar-refractivity contribution in [2.45, 2.75) is 87.1 Å². The highest BCUT2D eigenvalue weighted by molar-refractivity contribution is 5.68. The molecule has 0 saturated heterocycles. The largest absolute Gasteiger partial charge is 0.481 e. The van der Waals surface area contributed by atoms with E-state index in [9.17, 15) is 14.3 Å². The van der Waals surface area contributed by atoms with Crippen LogP contribution in [0.4, 0.5) is 10.3 Å². The Balaban J connectivity index is 0.00000392. The van der Waals surface area contributed by atoms with Gasteiger partial charge in [-0.05, 0) is 62.7 Å². The quantitative estimate of drug-likeness (QED) is 0.141. The maximum atomic E-state index is 14.3. The fourth-order valence-corrected chi connectivity index (χ4v) is 5.46. The van der Waals surface area contributed by atoms with Crippen LogP contribution in [-0.4, -0.2) is 30.6 Å². The molecule has 3 rings (SSSR count). The van der Waals surface area contributed by atoms with E-state index in [1.807, 2.05) is 101 Å². The molecule has 0 bridgehead atoms. The maximum absolute atomic E-state index is 14.3. The van der Waals surface area contributed by atoms with Crippen LogP contribution in [0.1, 0.15) is 86.3 Å². The van der Waals surface area contributed by atoms with Gasteiger partial charge in [0.2, 0.25) is 5.95 Å². The number of rotatable bonds is 17. The van der Waals surface area contributed by atoms with E-state index in [1.54, 1.807) is 13.1 Å². The lowest BCUT2D eigenvalue weighted by Crippen LogP contribution is -2.17. The number of carboxylic acids is 1. The van der Waals surface area contributed by atoms with E-state index in [0.717, 1.165) is 29.9 Å². The van der Waals surface area contributed by atoms with Gasteiger partial charge in [0.05, 0.1) is 11.4 Å². The van der Waals surface area contributed by atoms with Crippen LogP contribution in [-0.2, 0) is 11.3 Å². The number of anilines is 1. The summed E-state index contributed by atoms with van der Waals surface area (Å²) in [6.07, 6.45) is 15.9. The van der Waals surface area contributed by atoms with Crippen molar-refractivity contribution < 1.29 is 14.3 Å². The number of nitrogens with zero attached hydrogens (tertiary/aromatic N) is 4. The summed E-state index contributed by atoms with van der Waals surface area (Å²) in [5.41, 5.74) is 3.88. The molecular formula is C40H54FN5O2. The summed E-state index contributed by atoms with van der Waals surface area (Å²) in [7, 11) is 0. The minimum Gasteiger partial charge on any atom is -0.481 e. The molecule has 0 saturated carbocycles. The van der Waals surface area contributed by atoms with Crippen LogP contribution >= 0.6 is 0 Å². The highest BCUT2D eigenvalue weighted by Gasteiger charge is 2.25. The van der Waals surface area contributed by atoms with Gasteiger partial charge in [-0.3, -0.25) is 4.79 Å². The SMILES string of the molecule is C=C(/C=C\C=C/C)Nc1nccc(-c2nc(-c3ccccc3)n(CCC(C)C(C)CC(C)CC(=O)O)c2C(C)/C=C\C(F)=C/C)n1.CC. The third-order valence-electron chi connectivity index (χ3n) is 8.14. The second-order valence-corrected chi connectivity index (χ2v) is 12.0.